The van der Waals surface area contributed by atoms with Gasteiger partial charge in [-0.25, -0.2) is 4.79 Å². The number of aliphatic imine (C=N–C) groups is 1. The van der Waals surface area contributed by atoms with Gasteiger partial charge in [0.2, 0.25) is 5.91 Å². The molecule has 3 aromatic rings. The first-order chi connectivity index (χ1) is 21.0. The average Bonchev–Trinajstić information content (AvgIpc) is 3.05. The Labute approximate surface area is 255 Å². The fourth-order valence-corrected chi connectivity index (χ4v) is 5.00. The van der Waals surface area contributed by atoms with Gasteiger partial charge in [-0.3, -0.25) is 14.6 Å². The van der Waals surface area contributed by atoms with Crippen molar-refractivity contribution < 1.29 is 23.9 Å². The number of carbonyl (C=O) groups is 3. The van der Waals surface area contributed by atoms with Crippen molar-refractivity contribution in [2.75, 3.05) is 14.2 Å². The van der Waals surface area contributed by atoms with Gasteiger partial charge in [-0.1, -0.05) is 123 Å². The molecule has 0 saturated carbocycles. The Morgan fingerprint density at radius 2 is 1.23 bits per heavy atom. The number of unbranched alkanes of at least 4 members (excludes halogenated alkanes) is 5. The normalized spacial score (nSPS) is 12.0. The lowest BCUT2D eigenvalue weighted by molar-refractivity contribution is -0.145. The van der Waals surface area contributed by atoms with E-state index in [4.69, 9.17) is 14.5 Å². The van der Waals surface area contributed by atoms with Crippen LogP contribution >= 0.6 is 0 Å². The van der Waals surface area contributed by atoms with Crippen molar-refractivity contribution in [1.82, 2.24) is 5.32 Å². The molecule has 1 unspecified atom stereocenters. The first-order valence-electron chi connectivity index (χ1n) is 15.2. The number of methoxy groups -OCH3 is 2. The summed E-state index contributed by atoms with van der Waals surface area (Å²) in [7, 11) is 2.75. The van der Waals surface area contributed by atoms with Gasteiger partial charge in [0.05, 0.1) is 32.4 Å². The van der Waals surface area contributed by atoms with Gasteiger partial charge in [-0.05, 0) is 18.4 Å². The Hall–Kier alpha value is -4.26. The minimum absolute atomic E-state index is 0.137. The highest BCUT2D eigenvalue weighted by Gasteiger charge is 2.21. The second-order valence-corrected chi connectivity index (χ2v) is 10.6. The molecule has 0 fully saturated rings. The zero-order chi connectivity index (χ0) is 30.7. The van der Waals surface area contributed by atoms with Crippen LogP contribution < -0.4 is 5.32 Å². The summed E-state index contributed by atoms with van der Waals surface area (Å²) in [6.45, 7) is 0. The van der Waals surface area contributed by atoms with Crippen LogP contribution in [0.2, 0.25) is 0 Å². The number of rotatable bonds is 18. The van der Waals surface area contributed by atoms with Crippen LogP contribution in [0.25, 0.3) is 0 Å². The summed E-state index contributed by atoms with van der Waals surface area (Å²) < 4.78 is 9.86. The van der Waals surface area contributed by atoms with Crippen molar-refractivity contribution in [1.29, 1.82) is 0 Å². The number of hydrogen-bond acceptors (Lipinski definition) is 6. The lowest BCUT2D eigenvalue weighted by atomic mass is 9.99. The smallest absolute Gasteiger partial charge is 0.328 e. The molecule has 0 aliphatic heterocycles. The van der Waals surface area contributed by atoms with E-state index in [0.717, 1.165) is 67.3 Å². The van der Waals surface area contributed by atoms with Gasteiger partial charge in [0.25, 0.3) is 0 Å². The third-order valence-corrected chi connectivity index (χ3v) is 7.33. The van der Waals surface area contributed by atoms with E-state index in [-0.39, 0.29) is 24.3 Å². The molecule has 0 bridgehead atoms. The molecule has 0 aliphatic carbocycles. The van der Waals surface area contributed by atoms with Crippen molar-refractivity contribution in [3.05, 3.63) is 108 Å². The molecule has 7 nitrogen and oxygen atoms in total. The van der Waals surface area contributed by atoms with Crippen LogP contribution in [-0.2, 0) is 30.3 Å². The van der Waals surface area contributed by atoms with E-state index in [1.54, 1.807) is 0 Å². The molecule has 3 rings (SSSR count). The van der Waals surface area contributed by atoms with E-state index in [1.165, 1.54) is 14.2 Å². The summed E-state index contributed by atoms with van der Waals surface area (Å²) in [5.74, 6) is -0.833. The van der Waals surface area contributed by atoms with Gasteiger partial charge in [0.1, 0.15) is 6.04 Å². The van der Waals surface area contributed by atoms with Gasteiger partial charge in [-0.2, -0.15) is 0 Å². The first-order valence-corrected chi connectivity index (χ1v) is 15.2. The highest BCUT2D eigenvalue weighted by Crippen LogP contribution is 2.18. The van der Waals surface area contributed by atoms with Crippen LogP contribution in [0.5, 0.6) is 0 Å². The van der Waals surface area contributed by atoms with Crippen LogP contribution in [-0.4, -0.2) is 49.9 Å². The maximum atomic E-state index is 12.5. The third kappa shape index (κ3) is 12.2. The zero-order valence-corrected chi connectivity index (χ0v) is 25.4. The predicted molar refractivity (Wildman–Crippen MR) is 170 cm³/mol. The quantitative estimate of drug-likeness (QED) is 0.105. The summed E-state index contributed by atoms with van der Waals surface area (Å²) in [6, 6.07) is 28.8. The summed E-state index contributed by atoms with van der Waals surface area (Å²) in [4.78, 5) is 42.0. The van der Waals surface area contributed by atoms with E-state index in [2.05, 4.69) is 5.32 Å². The molecule has 1 N–H and O–H groups in total. The molecule has 228 valence electrons. The third-order valence-electron chi connectivity index (χ3n) is 7.33. The standard InChI is InChI=1S/C36H44N2O5/c1-42-34(40)27-31(37-35(29-20-12-8-13-21-29)30-22-14-9-15-23-30)24-16-5-3-4-6-17-25-33(39)38-32(36(41)43-2)26-28-18-10-7-11-19-28/h7-15,18-23,31-32H,3-6,16-17,24-27H2,1-2H3,(H,38,39)/t31?,32-/m0/s1. The van der Waals surface area contributed by atoms with Gasteiger partial charge in [-0.15, -0.1) is 0 Å². The molecule has 43 heavy (non-hydrogen) atoms. The molecular weight excluding hydrogens is 540 g/mol. The Balaban J connectivity index is 1.44. The Morgan fingerprint density at radius 1 is 0.698 bits per heavy atom. The fourth-order valence-electron chi connectivity index (χ4n) is 5.00. The van der Waals surface area contributed by atoms with Gasteiger partial charge >= 0.3 is 11.9 Å². The molecule has 0 saturated heterocycles. The van der Waals surface area contributed by atoms with E-state index >= 15 is 0 Å². The summed E-state index contributed by atoms with van der Waals surface area (Å²) in [5, 5.41) is 2.84. The van der Waals surface area contributed by atoms with Crippen LogP contribution in [0.1, 0.15) is 74.5 Å². The molecule has 0 aliphatic rings. The number of esters is 2. The number of ether oxygens (including phenoxy) is 2. The van der Waals surface area contributed by atoms with E-state index in [9.17, 15) is 14.4 Å². The Kier molecular flexibility index (Phi) is 14.7. The second kappa shape index (κ2) is 19.0. The SMILES string of the molecule is COC(=O)CC(CCCCCCCCC(=O)N[C@@H](Cc1ccccc1)C(=O)OC)N=C(c1ccccc1)c1ccccc1. The van der Waals surface area contributed by atoms with Crippen LogP contribution in [0.3, 0.4) is 0 Å². The molecule has 0 aromatic heterocycles. The fraction of sp³-hybridized carbons (Fsp3) is 0.389. The van der Waals surface area contributed by atoms with Crippen LogP contribution in [0.4, 0.5) is 0 Å². The van der Waals surface area contributed by atoms with Crippen molar-refractivity contribution in [3.63, 3.8) is 0 Å². The lowest BCUT2D eigenvalue weighted by Gasteiger charge is -2.16. The van der Waals surface area contributed by atoms with Gasteiger partial charge < -0.3 is 14.8 Å². The maximum absolute atomic E-state index is 12.5. The molecule has 2 atom stereocenters. The first kappa shape index (κ1) is 33.2. The topological polar surface area (TPSA) is 94.1 Å². The highest BCUT2D eigenvalue weighted by atomic mass is 16.5. The molecule has 7 heteroatoms. The number of nitrogens with one attached hydrogen (secondary N) is 1. The van der Waals surface area contributed by atoms with Crippen molar-refractivity contribution in [2.24, 2.45) is 4.99 Å². The lowest BCUT2D eigenvalue weighted by Crippen LogP contribution is -2.43. The average molecular weight is 585 g/mol. The zero-order valence-electron chi connectivity index (χ0n) is 25.4. The van der Waals surface area contributed by atoms with E-state index in [1.807, 2.05) is 91.0 Å². The maximum Gasteiger partial charge on any atom is 0.328 e. The molecule has 0 heterocycles. The van der Waals surface area contributed by atoms with E-state index in [0.29, 0.717) is 12.8 Å². The summed E-state index contributed by atoms with van der Waals surface area (Å²) >= 11 is 0. The van der Waals surface area contributed by atoms with Crippen molar-refractivity contribution >= 4 is 23.6 Å². The number of benzene rings is 3. The Bertz CT molecular complexity index is 1240. The number of hydrogen-bond donors (Lipinski definition) is 1. The summed E-state index contributed by atoms with van der Waals surface area (Å²) in [6.07, 6.45) is 7.53. The molecule has 0 spiro atoms. The highest BCUT2D eigenvalue weighted by molar-refractivity contribution is 6.13. The predicted octanol–water partition coefficient (Wildman–Crippen LogP) is 6.48. The summed E-state index contributed by atoms with van der Waals surface area (Å²) in [5.41, 5.74) is 3.89. The minimum Gasteiger partial charge on any atom is -0.469 e. The monoisotopic (exact) mass is 584 g/mol. The molecular formula is C36H44N2O5. The van der Waals surface area contributed by atoms with Crippen LogP contribution in [0.15, 0.2) is 96.0 Å². The van der Waals surface area contributed by atoms with Crippen LogP contribution in [0, 0.1) is 0 Å². The molecule has 1 amide bonds. The Morgan fingerprint density at radius 3 is 1.79 bits per heavy atom. The number of amides is 1. The second-order valence-electron chi connectivity index (χ2n) is 10.6. The van der Waals surface area contributed by atoms with E-state index < -0.39 is 12.0 Å². The number of nitrogens with zero attached hydrogens (tertiary/aromatic N) is 1. The van der Waals surface area contributed by atoms with Gasteiger partial charge in [0.15, 0.2) is 0 Å². The van der Waals surface area contributed by atoms with Crippen molar-refractivity contribution in [2.45, 2.75) is 76.3 Å². The van der Waals surface area contributed by atoms with Crippen molar-refractivity contribution in [3.8, 4) is 0 Å². The molecule has 0 radical (unpaired) electrons. The minimum atomic E-state index is -0.690. The number of carbonyl (C=O) groups excluding carboxylic acids is 3. The molecule has 3 aromatic carbocycles. The van der Waals surface area contributed by atoms with Gasteiger partial charge in [0, 0.05) is 24.0 Å². The largest absolute Gasteiger partial charge is 0.469 e.